The summed E-state index contributed by atoms with van der Waals surface area (Å²) in [4.78, 5) is 0. The zero-order valence-corrected chi connectivity index (χ0v) is 13.5. The average Bonchev–Trinajstić information content (AvgIpc) is 2.59. The second kappa shape index (κ2) is 5.23. The van der Waals surface area contributed by atoms with Crippen LogP contribution >= 0.6 is 11.6 Å². The number of hydrogen-bond donors (Lipinski definition) is 1. The molecule has 2 aromatic rings. The Morgan fingerprint density at radius 2 is 1.90 bits per heavy atom. The van der Waals surface area contributed by atoms with Crippen LogP contribution in [0.25, 0.3) is 0 Å². The molecular formula is C16H22ClN3. The van der Waals surface area contributed by atoms with Crippen LogP contribution < -0.4 is 5.73 Å². The van der Waals surface area contributed by atoms with Crippen molar-refractivity contribution in [3.8, 4) is 0 Å². The van der Waals surface area contributed by atoms with Gasteiger partial charge in [0.05, 0.1) is 16.4 Å². The van der Waals surface area contributed by atoms with Crippen molar-refractivity contribution in [1.29, 1.82) is 0 Å². The Kier molecular flexibility index (Phi) is 3.94. The summed E-state index contributed by atoms with van der Waals surface area (Å²) in [6.07, 6.45) is 0.658. The summed E-state index contributed by atoms with van der Waals surface area (Å²) in [6.45, 7) is 8.16. The monoisotopic (exact) mass is 291 g/mol. The van der Waals surface area contributed by atoms with Crippen LogP contribution in [-0.4, -0.2) is 9.78 Å². The van der Waals surface area contributed by atoms with Gasteiger partial charge in [0.25, 0.3) is 0 Å². The number of halogens is 1. The number of aryl methyl sites for hydroxylation is 4. The van der Waals surface area contributed by atoms with Gasteiger partial charge in [-0.25, -0.2) is 0 Å². The number of benzene rings is 1. The first-order valence-corrected chi connectivity index (χ1v) is 7.15. The van der Waals surface area contributed by atoms with E-state index >= 15 is 0 Å². The van der Waals surface area contributed by atoms with E-state index in [-0.39, 0.29) is 0 Å². The molecule has 1 aromatic carbocycles. The van der Waals surface area contributed by atoms with Gasteiger partial charge in [-0.3, -0.25) is 4.68 Å². The lowest BCUT2D eigenvalue weighted by Gasteiger charge is -2.26. The molecule has 1 heterocycles. The lowest BCUT2D eigenvalue weighted by Crippen LogP contribution is -2.36. The summed E-state index contributed by atoms with van der Waals surface area (Å²) in [6, 6.07) is 6.37. The van der Waals surface area contributed by atoms with Crippen LogP contribution in [0.5, 0.6) is 0 Å². The first-order valence-electron chi connectivity index (χ1n) is 6.77. The summed E-state index contributed by atoms with van der Waals surface area (Å²) >= 11 is 6.33. The first kappa shape index (κ1) is 15.1. The third-order valence-electron chi connectivity index (χ3n) is 3.96. The first-order chi connectivity index (χ1) is 9.22. The van der Waals surface area contributed by atoms with Crippen LogP contribution in [0.4, 0.5) is 0 Å². The largest absolute Gasteiger partial charge is 0.321 e. The van der Waals surface area contributed by atoms with Crippen LogP contribution in [0.1, 0.15) is 35.0 Å². The molecule has 0 aliphatic carbocycles. The summed E-state index contributed by atoms with van der Waals surface area (Å²) in [5, 5.41) is 5.07. The molecule has 0 fully saturated rings. The van der Waals surface area contributed by atoms with Gasteiger partial charge < -0.3 is 5.73 Å². The van der Waals surface area contributed by atoms with Crippen molar-refractivity contribution in [1.82, 2.24) is 9.78 Å². The Bertz CT molecular complexity index is 641. The van der Waals surface area contributed by atoms with Gasteiger partial charge in [0.1, 0.15) is 0 Å². The Hall–Kier alpha value is -1.32. The topological polar surface area (TPSA) is 43.8 Å². The van der Waals surface area contributed by atoms with Crippen molar-refractivity contribution in [2.75, 3.05) is 0 Å². The molecule has 0 saturated carbocycles. The third-order valence-corrected chi connectivity index (χ3v) is 4.45. The fraction of sp³-hybridized carbons (Fsp3) is 0.438. The van der Waals surface area contributed by atoms with Crippen LogP contribution in [0.15, 0.2) is 18.2 Å². The number of rotatable bonds is 3. The summed E-state index contributed by atoms with van der Waals surface area (Å²) < 4.78 is 1.82. The molecule has 0 bridgehead atoms. The second-order valence-corrected chi connectivity index (χ2v) is 6.24. The Morgan fingerprint density at radius 3 is 2.40 bits per heavy atom. The molecule has 108 valence electrons. The molecule has 2 N–H and O–H groups in total. The van der Waals surface area contributed by atoms with Gasteiger partial charge in [0, 0.05) is 19.0 Å². The fourth-order valence-corrected chi connectivity index (χ4v) is 2.65. The number of nitrogens with zero attached hydrogens (tertiary/aromatic N) is 2. The van der Waals surface area contributed by atoms with E-state index < -0.39 is 5.54 Å². The molecule has 1 atom stereocenters. The van der Waals surface area contributed by atoms with E-state index in [2.05, 4.69) is 37.1 Å². The predicted molar refractivity (Wildman–Crippen MR) is 84.1 cm³/mol. The Morgan fingerprint density at radius 1 is 1.25 bits per heavy atom. The van der Waals surface area contributed by atoms with E-state index in [9.17, 15) is 0 Å². The van der Waals surface area contributed by atoms with E-state index in [0.717, 1.165) is 17.0 Å². The van der Waals surface area contributed by atoms with Crippen LogP contribution in [-0.2, 0) is 19.0 Å². The molecule has 3 nitrogen and oxygen atoms in total. The zero-order valence-electron chi connectivity index (χ0n) is 12.8. The van der Waals surface area contributed by atoms with Crippen molar-refractivity contribution in [3.63, 3.8) is 0 Å². The highest BCUT2D eigenvalue weighted by atomic mass is 35.5. The summed E-state index contributed by atoms with van der Waals surface area (Å²) in [5.74, 6) is 0. The predicted octanol–water partition coefficient (Wildman–Crippen LogP) is 3.42. The van der Waals surface area contributed by atoms with E-state index in [4.69, 9.17) is 17.3 Å². The van der Waals surface area contributed by atoms with Crippen molar-refractivity contribution in [2.45, 2.75) is 39.7 Å². The number of hydrogen-bond acceptors (Lipinski definition) is 2. The zero-order chi connectivity index (χ0) is 15.1. The third kappa shape index (κ3) is 2.74. The minimum Gasteiger partial charge on any atom is -0.321 e. The SMILES string of the molecule is Cc1ccc(C(C)(N)Cc2c(Cl)c(C)nn2C)cc1C. The molecule has 0 radical (unpaired) electrons. The lowest BCUT2D eigenvalue weighted by molar-refractivity contribution is 0.471. The smallest absolute Gasteiger partial charge is 0.0847 e. The molecule has 1 aromatic heterocycles. The van der Waals surface area contributed by atoms with E-state index in [1.54, 1.807) is 0 Å². The highest BCUT2D eigenvalue weighted by molar-refractivity contribution is 6.31. The van der Waals surface area contributed by atoms with E-state index in [0.29, 0.717) is 11.4 Å². The quantitative estimate of drug-likeness (QED) is 0.942. The van der Waals surface area contributed by atoms with Gasteiger partial charge in [-0.15, -0.1) is 0 Å². The van der Waals surface area contributed by atoms with Crippen LogP contribution in [0, 0.1) is 20.8 Å². The molecule has 0 spiro atoms. The van der Waals surface area contributed by atoms with Crippen molar-refractivity contribution in [2.24, 2.45) is 12.8 Å². The summed E-state index contributed by atoms with van der Waals surface area (Å²) in [5.41, 5.74) is 11.5. The van der Waals surface area contributed by atoms with Crippen LogP contribution in [0.2, 0.25) is 5.02 Å². The molecular weight excluding hydrogens is 270 g/mol. The highest BCUT2D eigenvalue weighted by Gasteiger charge is 2.26. The average molecular weight is 292 g/mol. The Labute approximate surface area is 125 Å². The standard InChI is InChI=1S/C16H22ClN3/c1-10-6-7-13(8-11(10)2)16(4,18)9-14-15(17)12(3)19-20(14)5/h6-8H,9,18H2,1-5H3. The van der Waals surface area contributed by atoms with E-state index in [1.807, 2.05) is 25.6 Å². The Balaban J connectivity index is 2.37. The molecule has 0 saturated heterocycles. The fourth-order valence-electron chi connectivity index (χ4n) is 2.42. The minimum absolute atomic E-state index is 0.470. The lowest BCUT2D eigenvalue weighted by atomic mass is 9.86. The van der Waals surface area contributed by atoms with Crippen LogP contribution in [0.3, 0.4) is 0 Å². The molecule has 20 heavy (non-hydrogen) atoms. The normalized spacial score (nSPS) is 14.3. The van der Waals surface area contributed by atoms with Gasteiger partial charge in [-0.1, -0.05) is 29.8 Å². The maximum Gasteiger partial charge on any atom is 0.0847 e. The van der Waals surface area contributed by atoms with Gasteiger partial charge in [-0.05, 0) is 44.4 Å². The molecule has 0 aliphatic heterocycles. The van der Waals surface area contributed by atoms with Gasteiger partial charge in [0.2, 0.25) is 0 Å². The maximum absolute atomic E-state index is 6.54. The number of aromatic nitrogens is 2. The van der Waals surface area contributed by atoms with Gasteiger partial charge in [0.15, 0.2) is 0 Å². The van der Waals surface area contributed by atoms with Crippen molar-refractivity contribution < 1.29 is 0 Å². The maximum atomic E-state index is 6.54. The van der Waals surface area contributed by atoms with Crippen molar-refractivity contribution >= 4 is 11.6 Å². The minimum atomic E-state index is -0.470. The summed E-state index contributed by atoms with van der Waals surface area (Å²) in [7, 11) is 1.91. The molecule has 0 amide bonds. The van der Waals surface area contributed by atoms with Crippen molar-refractivity contribution in [3.05, 3.63) is 51.3 Å². The molecule has 2 rings (SSSR count). The highest BCUT2D eigenvalue weighted by Crippen LogP contribution is 2.29. The molecule has 4 heteroatoms. The van der Waals surface area contributed by atoms with Gasteiger partial charge >= 0.3 is 0 Å². The molecule has 0 aliphatic rings. The van der Waals surface area contributed by atoms with E-state index in [1.165, 1.54) is 11.1 Å². The molecule has 1 unspecified atom stereocenters. The van der Waals surface area contributed by atoms with Gasteiger partial charge in [-0.2, -0.15) is 5.10 Å². The second-order valence-electron chi connectivity index (χ2n) is 5.86. The number of nitrogens with two attached hydrogens (primary N) is 1.